The maximum Gasteiger partial charge on any atom is 0.220 e. The van der Waals surface area contributed by atoms with E-state index in [0.29, 0.717) is 19.5 Å². The van der Waals surface area contributed by atoms with Crippen molar-refractivity contribution >= 4 is 21.8 Å². The number of benzene rings is 1. The van der Waals surface area contributed by atoms with E-state index in [9.17, 15) is 9.90 Å². The van der Waals surface area contributed by atoms with Gasteiger partial charge < -0.3 is 15.3 Å². The largest absolute Gasteiger partial charge is 0.391 e. The van der Waals surface area contributed by atoms with Crippen molar-refractivity contribution < 1.29 is 9.90 Å². The number of aliphatic hydroxyl groups excluding tert-OH is 1. The lowest BCUT2D eigenvalue weighted by Gasteiger charge is -2.13. The fourth-order valence-electron chi connectivity index (χ4n) is 2.59. The number of carbonyl (C=O) groups is 1. The predicted octanol–water partition coefficient (Wildman–Crippen LogP) is 1.69. The lowest BCUT2D eigenvalue weighted by molar-refractivity contribution is -0.122. The van der Waals surface area contributed by atoms with E-state index in [-0.39, 0.29) is 17.9 Å². The van der Waals surface area contributed by atoms with Crippen LogP contribution >= 0.6 is 15.9 Å². The first-order valence-corrected chi connectivity index (χ1v) is 7.63. The van der Waals surface area contributed by atoms with Gasteiger partial charge in [-0.2, -0.15) is 0 Å². The van der Waals surface area contributed by atoms with E-state index in [0.717, 1.165) is 22.1 Å². The van der Waals surface area contributed by atoms with Gasteiger partial charge in [-0.1, -0.05) is 28.1 Å². The minimum absolute atomic E-state index is 0.00456. The molecular formula is C15H21BrN2O2. The molecule has 1 amide bonds. The van der Waals surface area contributed by atoms with Gasteiger partial charge in [0.1, 0.15) is 0 Å². The molecule has 1 aromatic rings. The quantitative estimate of drug-likeness (QED) is 0.876. The van der Waals surface area contributed by atoms with Crippen molar-refractivity contribution in [1.29, 1.82) is 0 Å². The second-order valence-electron chi connectivity index (χ2n) is 5.61. The van der Waals surface area contributed by atoms with E-state index in [4.69, 9.17) is 0 Å². The lowest BCUT2D eigenvalue weighted by atomic mass is 10.0. The van der Waals surface area contributed by atoms with Gasteiger partial charge in [-0.15, -0.1) is 0 Å². The minimum Gasteiger partial charge on any atom is -0.391 e. The molecule has 4 nitrogen and oxygen atoms in total. The average molecular weight is 341 g/mol. The summed E-state index contributed by atoms with van der Waals surface area (Å²) in [5.41, 5.74) is 2.24. The molecular weight excluding hydrogens is 320 g/mol. The Labute approximate surface area is 128 Å². The lowest BCUT2D eigenvalue weighted by Crippen LogP contribution is -2.29. The molecule has 1 fully saturated rings. The number of aryl methyl sites for hydroxylation is 1. The molecule has 110 valence electrons. The van der Waals surface area contributed by atoms with Gasteiger partial charge in [0.05, 0.1) is 6.10 Å². The standard InChI is InChI=1S/C15H21BrN2O2/c1-10-5-11(3-4-13(10)16)7-17-15(20)6-12-8-18(2)9-14(12)19/h3-5,12,14,19H,6-9H2,1-2H3,(H,17,20)/t12-,14-/m1/s1. The van der Waals surface area contributed by atoms with E-state index >= 15 is 0 Å². The number of hydrogen-bond acceptors (Lipinski definition) is 3. The fourth-order valence-corrected chi connectivity index (χ4v) is 2.84. The molecule has 2 N–H and O–H groups in total. The third-order valence-electron chi connectivity index (χ3n) is 3.75. The van der Waals surface area contributed by atoms with E-state index in [1.807, 2.05) is 26.1 Å². The molecule has 1 aromatic carbocycles. The summed E-state index contributed by atoms with van der Waals surface area (Å²) in [5.74, 6) is 0.0524. The predicted molar refractivity (Wildman–Crippen MR) is 82.3 cm³/mol. The summed E-state index contributed by atoms with van der Waals surface area (Å²) in [7, 11) is 1.96. The molecule has 1 saturated heterocycles. The minimum atomic E-state index is -0.388. The topological polar surface area (TPSA) is 52.6 Å². The first-order valence-electron chi connectivity index (χ1n) is 6.84. The number of β-amino-alcohol motifs (C(OH)–C–C–N with tert-alkyl or cyclic N) is 1. The van der Waals surface area contributed by atoms with Crippen LogP contribution in [-0.2, 0) is 11.3 Å². The molecule has 0 unspecified atom stereocenters. The van der Waals surface area contributed by atoms with Crippen molar-refractivity contribution in [1.82, 2.24) is 10.2 Å². The highest BCUT2D eigenvalue weighted by atomic mass is 79.9. The Hall–Kier alpha value is -0.910. The van der Waals surface area contributed by atoms with Gasteiger partial charge in [-0.25, -0.2) is 0 Å². The molecule has 1 heterocycles. The van der Waals surface area contributed by atoms with Crippen LogP contribution in [-0.4, -0.2) is 42.2 Å². The number of likely N-dealkylation sites (N-methyl/N-ethyl adjacent to an activating group) is 1. The van der Waals surface area contributed by atoms with Crippen molar-refractivity contribution in [3.05, 3.63) is 33.8 Å². The molecule has 1 aliphatic rings. The summed E-state index contributed by atoms with van der Waals surface area (Å²) < 4.78 is 1.07. The number of rotatable bonds is 4. The van der Waals surface area contributed by atoms with Crippen LogP contribution in [0, 0.1) is 12.8 Å². The number of carbonyl (C=O) groups excluding carboxylic acids is 1. The van der Waals surface area contributed by atoms with E-state index < -0.39 is 0 Å². The van der Waals surface area contributed by atoms with Gasteiger partial charge in [0.25, 0.3) is 0 Å². The number of likely N-dealkylation sites (tertiary alicyclic amines) is 1. The van der Waals surface area contributed by atoms with Gasteiger partial charge in [0.15, 0.2) is 0 Å². The van der Waals surface area contributed by atoms with Crippen LogP contribution in [0.2, 0.25) is 0 Å². The number of halogens is 1. The van der Waals surface area contributed by atoms with Crippen LogP contribution in [0.5, 0.6) is 0 Å². The van der Waals surface area contributed by atoms with E-state index in [2.05, 4.69) is 32.2 Å². The maximum absolute atomic E-state index is 11.9. The highest BCUT2D eigenvalue weighted by Gasteiger charge is 2.30. The zero-order chi connectivity index (χ0) is 14.7. The zero-order valence-electron chi connectivity index (χ0n) is 11.9. The number of aliphatic hydroxyl groups is 1. The monoisotopic (exact) mass is 340 g/mol. The SMILES string of the molecule is Cc1cc(CNC(=O)C[C@@H]2CN(C)C[C@H]2O)ccc1Br. The fraction of sp³-hybridized carbons (Fsp3) is 0.533. The van der Waals surface area contributed by atoms with E-state index in [1.165, 1.54) is 0 Å². The van der Waals surface area contributed by atoms with E-state index in [1.54, 1.807) is 0 Å². The van der Waals surface area contributed by atoms with Gasteiger partial charge in [0, 0.05) is 36.4 Å². The molecule has 0 saturated carbocycles. The van der Waals surface area contributed by atoms with Crippen LogP contribution in [0.15, 0.2) is 22.7 Å². The molecule has 1 aliphatic heterocycles. The summed E-state index contributed by atoms with van der Waals surface area (Å²) in [6.07, 6.45) is 0.00163. The average Bonchev–Trinajstić information content (AvgIpc) is 2.69. The summed E-state index contributed by atoms with van der Waals surface area (Å²) in [6, 6.07) is 6.05. The maximum atomic E-state index is 11.9. The Morgan fingerprint density at radius 1 is 1.50 bits per heavy atom. The van der Waals surface area contributed by atoms with Gasteiger partial charge >= 0.3 is 0 Å². The van der Waals surface area contributed by atoms with Crippen LogP contribution in [0.1, 0.15) is 17.5 Å². The molecule has 0 aliphatic carbocycles. The van der Waals surface area contributed by atoms with Crippen LogP contribution in [0.3, 0.4) is 0 Å². The Balaban J connectivity index is 1.81. The van der Waals surface area contributed by atoms with Crippen LogP contribution in [0.25, 0.3) is 0 Å². The van der Waals surface area contributed by atoms with Gasteiger partial charge in [-0.3, -0.25) is 4.79 Å². The first kappa shape index (κ1) is 15.5. The highest BCUT2D eigenvalue weighted by Crippen LogP contribution is 2.19. The molecule has 0 radical (unpaired) electrons. The highest BCUT2D eigenvalue weighted by molar-refractivity contribution is 9.10. The Bertz CT molecular complexity index is 493. The molecule has 0 aromatic heterocycles. The summed E-state index contributed by atoms with van der Waals surface area (Å²) in [4.78, 5) is 14.0. The first-order chi connectivity index (χ1) is 9.45. The third kappa shape index (κ3) is 4.04. The summed E-state index contributed by atoms with van der Waals surface area (Å²) in [5, 5.41) is 12.8. The van der Waals surface area contributed by atoms with Gasteiger partial charge in [0.2, 0.25) is 5.91 Å². The van der Waals surface area contributed by atoms with Crippen molar-refractivity contribution in [3.63, 3.8) is 0 Å². The van der Waals surface area contributed by atoms with Crippen molar-refractivity contribution in [3.8, 4) is 0 Å². The van der Waals surface area contributed by atoms with Crippen molar-refractivity contribution in [2.45, 2.75) is 26.0 Å². The normalized spacial score (nSPS) is 23.0. The molecule has 2 rings (SSSR count). The Morgan fingerprint density at radius 3 is 2.85 bits per heavy atom. The summed E-state index contributed by atoms with van der Waals surface area (Å²) in [6.45, 7) is 4.00. The number of nitrogens with zero attached hydrogens (tertiary/aromatic N) is 1. The third-order valence-corrected chi connectivity index (χ3v) is 4.64. The second kappa shape index (κ2) is 6.70. The van der Waals surface area contributed by atoms with Crippen LogP contribution < -0.4 is 5.32 Å². The molecule has 20 heavy (non-hydrogen) atoms. The smallest absolute Gasteiger partial charge is 0.220 e. The zero-order valence-corrected chi connectivity index (χ0v) is 13.5. The molecule has 0 spiro atoms. The molecule has 0 bridgehead atoms. The second-order valence-corrected chi connectivity index (χ2v) is 6.47. The Morgan fingerprint density at radius 2 is 2.25 bits per heavy atom. The number of nitrogens with one attached hydrogen (secondary N) is 1. The number of hydrogen-bond donors (Lipinski definition) is 2. The molecule has 5 heteroatoms. The number of amides is 1. The van der Waals surface area contributed by atoms with Gasteiger partial charge in [-0.05, 0) is 31.2 Å². The summed E-state index contributed by atoms with van der Waals surface area (Å²) >= 11 is 3.46. The molecule has 2 atom stereocenters. The van der Waals surface area contributed by atoms with Crippen molar-refractivity contribution in [2.75, 3.05) is 20.1 Å². The van der Waals surface area contributed by atoms with Crippen molar-refractivity contribution in [2.24, 2.45) is 5.92 Å². The Kier molecular flexibility index (Phi) is 5.18. The van der Waals surface area contributed by atoms with Crippen LogP contribution in [0.4, 0.5) is 0 Å².